The van der Waals surface area contributed by atoms with E-state index in [0.29, 0.717) is 0 Å². The maximum atomic E-state index is 12.9. The van der Waals surface area contributed by atoms with Crippen molar-refractivity contribution in [2.24, 2.45) is 0 Å². The van der Waals surface area contributed by atoms with Crippen molar-refractivity contribution in [2.75, 3.05) is 45.2 Å². The molecule has 27 heavy (non-hydrogen) atoms. The normalized spacial score (nSPS) is 19.8. The number of rotatable bonds is 2. The van der Waals surface area contributed by atoms with Crippen molar-refractivity contribution in [3.63, 3.8) is 0 Å². The molecule has 0 unspecified atom stereocenters. The summed E-state index contributed by atoms with van der Waals surface area (Å²) in [5.41, 5.74) is 2.91. The topological polar surface area (TPSA) is 44.8 Å². The van der Waals surface area contributed by atoms with Crippen LogP contribution in [0.2, 0.25) is 0 Å². The van der Waals surface area contributed by atoms with Crippen LogP contribution in [0.3, 0.4) is 0 Å². The number of hydrogen-bond acceptors (Lipinski definition) is 3. The number of likely N-dealkylation sites (tertiary alicyclic amines) is 1. The van der Waals surface area contributed by atoms with Crippen molar-refractivity contribution in [3.05, 3.63) is 54.6 Å². The zero-order valence-electron chi connectivity index (χ0n) is 15.9. The Morgan fingerprint density at radius 3 is 2.44 bits per heavy atom. The van der Waals surface area contributed by atoms with Gasteiger partial charge >= 0.3 is 6.03 Å². The molecule has 5 heteroatoms. The Kier molecular flexibility index (Phi) is 5.14. The number of likely N-dealkylation sites (N-methyl/N-ethyl adjacent to an activating group) is 1. The van der Waals surface area contributed by atoms with Gasteiger partial charge in [0.05, 0.1) is 17.9 Å². The summed E-state index contributed by atoms with van der Waals surface area (Å²) >= 11 is 0. The molecular formula is C22H27N3O2. The van der Waals surface area contributed by atoms with Crippen molar-refractivity contribution in [1.29, 1.82) is 0 Å². The fourth-order valence-electron chi connectivity index (χ4n) is 4.11. The van der Waals surface area contributed by atoms with E-state index in [1.807, 2.05) is 47.4 Å². The van der Waals surface area contributed by atoms with Gasteiger partial charge in [-0.15, -0.1) is 0 Å². The van der Waals surface area contributed by atoms with E-state index in [0.717, 1.165) is 62.4 Å². The minimum atomic E-state index is -0.0777. The van der Waals surface area contributed by atoms with Crippen LogP contribution in [-0.4, -0.2) is 61.3 Å². The number of benzene rings is 2. The summed E-state index contributed by atoms with van der Waals surface area (Å²) in [6.45, 7) is 4.19. The maximum Gasteiger partial charge on any atom is 0.321 e. The Labute approximate surface area is 160 Å². The van der Waals surface area contributed by atoms with Crippen LogP contribution in [0.4, 0.5) is 10.5 Å². The number of nitrogens with one attached hydrogen (secondary N) is 1. The molecule has 2 heterocycles. The van der Waals surface area contributed by atoms with Crippen molar-refractivity contribution >= 4 is 11.7 Å². The molecule has 0 bridgehead atoms. The van der Waals surface area contributed by atoms with Crippen molar-refractivity contribution in [2.45, 2.75) is 18.4 Å². The summed E-state index contributed by atoms with van der Waals surface area (Å²) in [7, 11) is 2.14. The second-order valence-electron chi connectivity index (χ2n) is 7.60. The minimum Gasteiger partial charge on any atom is -0.372 e. The van der Waals surface area contributed by atoms with Crippen LogP contribution >= 0.6 is 0 Å². The number of hydrogen-bond donors (Lipinski definition) is 1. The summed E-state index contributed by atoms with van der Waals surface area (Å²) in [4.78, 5) is 17.1. The third kappa shape index (κ3) is 3.99. The number of amides is 2. The number of piperidine rings is 1. The highest BCUT2D eigenvalue weighted by Gasteiger charge is 2.39. The summed E-state index contributed by atoms with van der Waals surface area (Å²) in [5.74, 6) is 0. The molecular weight excluding hydrogens is 338 g/mol. The molecule has 0 saturated carbocycles. The Morgan fingerprint density at radius 1 is 1.00 bits per heavy atom. The van der Waals surface area contributed by atoms with E-state index < -0.39 is 0 Å². The Balaban J connectivity index is 1.42. The molecule has 0 aliphatic carbocycles. The second-order valence-corrected chi connectivity index (χ2v) is 7.60. The lowest BCUT2D eigenvalue weighted by Crippen LogP contribution is -2.57. The van der Waals surface area contributed by atoms with Gasteiger partial charge in [0.1, 0.15) is 0 Å². The van der Waals surface area contributed by atoms with Crippen molar-refractivity contribution < 1.29 is 9.53 Å². The minimum absolute atomic E-state index is 0.0302. The lowest BCUT2D eigenvalue weighted by Gasteiger charge is -2.46. The van der Waals surface area contributed by atoms with Crippen LogP contribution in [0, 0.1) is 0 Å². The van der Waals surface area contributed by atoms with Gasteiger partial charge in [-0.1, -0.05) is 48.5 Å². The van der Waals surface area contributed by atoms with Crippen molar-refractivity contribution in [3.8, 4) is 11.1 Å². The van der Waals surface area contributed by atoms with Gasteiger partial charge in [0.25, 0.3) is 0 Å². The number of morpholine rings is 1. The second kappa shape index (κ2) is 7.71. The molecule has 4 rings (SSSR count). The van der Waals surface area contributed by atoms with Crippen LogP contribution in [0.5, 0.6) is 0 Å². The average Bonchev–Trinajstić information content (AvgIpc) is 2.69. The van der Waals surface area contributed by atoms with Gasteiger partial charge in [-0.3, -0.25) is 0 Å². The summed E-state index contributed by atoms with van der Waals surface area (Å²) in [6, 6.07) is 18.1. The highest BCUT2D eigenvalue weighted by molar-refractivity contribution is 5.94. The van der Waals surface area contributed by atoms with Crippen LogP contribution in [0.25, 0.3) is 11.1 Å². The predicted molar refractivity (Wildman–Crippen MR) is 108 cm³/mol. The predicted octanol–water partition coefficient (Wildman–Crippen LogP) is 3.68. The third-order valence-electron chi connectivity index (χ3n) is 5.65. The molecule has 0 aromatic heterocycles. The van der Waals surface area contributed by atoms with Gasteiger partial charge in [-0.2, -0.15) is 0 Å². The lowest BCUT2D eigenvalue weighted by atomic mass is 9.89. The van der Waals surface area contributed by atoms with E-state index in [-0.39, 0.29) is 11.6 Å². The highest BCUT2D eigenvalue weighted by atomic mass is 16.5. The van der Waals surface area contributed by atoms with Gasteiger partial charge in [0.2, 0.25) is 0 Å². The molecule has 2 aliphatic heterocycles. The fraction of sp³-hybridized carbons (Fsp3) is 0.409. The summed E-state index contributed by atoms with van der Waals surface area (Å²) < 4.78 is 6.10. The number of carbonyl (C=O) groups is 1. The summed E-state index contributed by atoms with van der Waals surface area (Å²) in [5, 5.41) is 3.11. The monoisotopic (exact) mass is 365 g/mol. The first-order valence-electron chi connectivity index (χ1n) is 9.68. The van der Waals surface area contributed by atoms with E-state index in [2.05, 4.69) is 29.4 Å². The molecule has 1 spiro atoms. The Morgan fingerprint density at radius 2 is 1.70 bits per heavy atom. The van der Waals surface area contributed by atoms with E-state index >= 15 is 0 Å². The highest BCUT2D eigenvalue weighted by Crippen LogP contribution is 2.31. The molecule has 2 saturated heterocycles. The standard InChI is InChI=1S/C22H27N3O2/c1-24-15-16-27-22(17-24)11-13-25(14-12-22)21(26)23-20-10-6-5-9-19(20)18-7-3-2-4-8-18/h2-10H,11-17H2,1H3,(H,23,26). The molecule has 2 aliphatic rings. The van der Waals surface area contributed by atoms with E-state index in [1.165, 1.54) is 0 Å². The van der Waals surface area contributed by atoms with Crippen LogP contribution in [0.15, 0.2) is 54.6 Å². The zero-order chi connectivity index (χ0) is 18.7. The molecule has 2 fully saturated rings. The summed E-state index contributed by atoms with van der Waals surface area (Å²) in [6.07, 6.45) is 1.79. The molecule has 2 amide bonds. The zero-order valence-corrected chi connectivity index (χ0v) is 15.9. The lowest BCUT2D eigenvalue weighted by molar-refractivity contribution is -0.126. The quantitative estimate of drug-likeness (QED) is 0.883. The molecule has 0 atom stereocenters. The first kappa shape index (κ1) is 18.0. The van der Waals surface area contributed by atoms with E-state index in [9.17, 15) is 4.79 Å². The number of carbonyl (C=O) groups excluding carboxylic acids is 1. The van der Waals surface area contributed by atoms with Crippen molar-refractivity contribution in [1.82, 2.24) is 9.80 Å². The fourth-order valence-corrected chi connectivity index (χ4v) is 4.11. The number of ether oxygens (including phenoxy) is 1. The van der Waals surface area contributed by atoms with Gasteiger partial charge in [0, 0.05) is 31.7 Å². The maximum absolute atomic E-state index is 12.9. The van der Waals surface area contributed by atoms with Crippen LogP contribution in [0.1, 0.15) is 12.8 Å². The first-order valence-corrected chi connectivity index (χ1v) is 9.68. The Hall–Kier alpha value is -2.37. The van der Waals surface area contributed by atoms with Crippen LogP contribution in [-0.2, 0) is 4.74 Å². The SMILES string of the molecule is CN1CCOC2(CCN(C(=O)Nc3ccccc3-c3ccccc3)CC2)C1. The van der Waals surface area contributed by atoms with Gasteiger partial charge in [-0.25, -0.2) is 4.79 Å². The molecule has 142 valence electrons. The van der Waals surface area contributed by atoms with Gasteiger partial charge in [-0.05, 0) is 31.5 Å². The molecule has 2 aromatic carbocycles. The molecule has 2 aromatic rings. The number of urea groups is 1. The molecule has 1 N–H and O–H groups in total. The first-order chi connectivity index (χ1) is 13.2. The van der Waals surface area contributed by atoms with Gasteiger partial charge < -0.3 is 19.9 Å². The number of anilines is 1. The largest absolute Gasteiger partial charge is 0.372 e. The van der Waals surface area contributed by atoms with E-state index in [1.54, 1.807) is 0 Å². The number of para-hydroxylation sites is 1. The molecule has 5 nitrogen and oxygen atoms in total. The smallest absolute Gasteiger partial charge is 0.321 e. The molecule has 0 radical (unpaired) electrons. The third-order valence-corrected chi connectivity index (χ3v) is 5.65. The van der Waals surface area contributed by atoms with Gasteiger partial charge in [0.15, 0.2) is 0 Å². The Bertz CT molecular complexity index is 785. The van der Waals surface area contributed by atoms with E-state index in [4.69, 9.17) is 4.74 Å². The average molecular weight is 365 g/mol. The van der Waals surface area contributed by atoms with Crippen LogP contribution < -0.4 is 5.32 Å². The number of nitrogens with zero attached hydrogens (tertiary/aromatic N) is 2.